The highest BCUT2D eigenvalue weighted by molar-refractivity contribution is 7.26. The maximum absolute atomic E-state index is 4.75. The number of thiophene rings is 1. The van der Waals surface area contributed by atoms with Crippen molar-refractivity contribution >= 4 is 53.2 Å². The summed E-state index contributed by atoms with van der Waals surface area (Å²) in [5.41, 5.74) is 5.51. The molecular formula is C30H18N2S. The largest absolute Gasteiger partial charge is 0.236 e. The minimum Gasteiger partial charge on any atom is -0.236 e. The average molecular weight is 439 g/mol. The Morgan fingerprint density at radius 2 is 1.30 bits per heavy atom. The fourth-order valence-electron chi connectivity index (χ4n) is 4.85. The molecule has 0 aliphatic rings. The minimum absolute atomic E-state index is 0.962. The highest BCUT2D eigenvalue weighted by Crippen LogP contribution is 2.41. The van der Waals surface area contributed by atoms with Gasteiger partial charge < -0.3 is 0 Å². The third-order valence-corrected chi connectivity index (χ3v) is 7.62. The molecule has 2 nitrogen and oxygen atoms in total. The molecule has 0 saturated heterocycles. The van der Waals surface area contributed by atoms with Crippen molar-refractivity contribution in [2.45, 2.75) is 0 Å². The second-order valence-electron chi connectivity index (χ2n) is 8.26. The second kappa shape index (κ2) is 7.22. The zero-order valence-electron chi connectivity index (χ0n) is 17.7. The summed E-state index contributed by atoms with van der Waals surface area (Å²) in [6.45, 7) is 0. The number of nitrogens with zero attached hydrogens (tertiary/aromatic N) is 2. The third-order valence-electron chi connectivity index (χ3n) is 6.40. The molecule has 3 heteroatoms. The molecule has 0 radical (unpaired) electrons. The van der Waals surface area contributed by atoms with Crippen LogP contribution in [0.1, 0.15) is 0 Å². The molecule has 33 heavy (non-hydrogen) atoms. The molecule has 0 aliphatic carbocycles. The van der Waals surface area contributed by atoms with Gasteiger partial charge in [0.25, 0.3) is 0 Å². The van der Waals surface area contributed by atoms with E-state index >= 15 is 0 Å². The lowest BCUT2D eigenvalue weighted by Gasteiger charge is -2.10. The van der Waals surface area contributed by atoms with E-state index in [-0.39, 0.29) is 0 Å². The molecule has 0 fully saturated rings. The Hall–Kier alpha value is -4.08. The quantitative estimate of drug-likeness (QED) is 0.270. The van der Waals surface area contributed by atoms with Crippen LogP contribution in [-0.4, -0.2) is 9.97 Å². The fourth-order valence-corrected chi connectivity index (χ4v) is 6.07. The van der Waals surface area contributed by atoms with Crippen LogP contribution >= 0.6 is 11.3 Å². The molecule has 0 saturated carbocycles. The molecular weight excluding hydrogens is 420 g/mol. The van der Waals surface area contributed by atoms with Crippen molar-refractivity contribution in [3.05, 3.63) is 109 Å². The number of fused-ring (bicyclic) bond motifs is 5. The van der Waals surface area contributed by atoms with Crippen LogP contribution in [0.5, 0.6) is 0 Å². The monoisotopic (exact) mass is 438 g/mol. The normalized spacial score (nSPS) is 11.6. The third kappa shape index (κ3) is 2.86. The fraction of sp³-hybridized carbons (Fsp3) is 0. The van der Waals surface area contributed by atoms with Gasteiger partial charge in [-0.15, -0.1) is 11.3 Å². The van der Waals surface area contributed by atoms with Gasteiger partial charge in [-0.3, -0.25) is 0 Å². The molecule has 0 aliphatic heterocycles. The topological polar surface area (TPSA) is 25.8 Å². The molecule has 2 aromatic heterocycles. The minimum atomic E-state index is 0.962. The van der Waals surface area contributed by atoms with Crippen molar-refractivity contribution in [2.75, 3.05) is 0 Å². The first-order valence-corrected chi connectivity index (χ1v) is 11.8. The summed E-state index contributed by atoms with van der Waals surface area (Å²) in [5.74, 6) is 0. The molecule has 2 heterocycles. The predicted molar refractivity (Wildman–Crippen MR) is 141 cm³/mol. The van der Waals surface area contributed by atoms with Crippen molar-refractivity contribution in [1.29, 1.82) is 0 Å². The lowest BCUT2D eigenvalue weighted by molar-refractivity contribution is 1.23. The first kappa shape index (κ1) is 18.5. The van der Waals surface area contributed by atoms with Gasteiger partial charge in [-0.05, 0) is 40.1 Å². The van der Waals surface area contributed by atoms with Crippen LogP contribution in [0.15, 0.2) is 109 Å². The van der Waals surface area contributed by atoms with E-state index in [9.17, 15) is 0 Å². The lowest BCUT2D eigenvalue weighted by atomic mass is 9.96. The molecule has 7 aromatic rings. The Balaban J connectivity index is 1.46. The number of hydrogen-bond donors (Lipinski definition) is 0. The molecule has 0 bridgehead atoms. The average Bonchev–Trinajstić information content (AvgIpc) is 3.27. The van der Waals surface area contributed by atoms with Gasteiger partial charge in [-0.2, -0.15) is 0 Å². The standard InChI is InChI=1S/C30H18N2S/c1-2-9-21-19(7-1)8-5-11-22(21)20-15-16-25-27(17-20)31-18-32-29(25)26-13-6-12-24-23-10-3-4-14-28(23)33-30(24)26/h1-18H. The number of rotatable bonds is 2. The Labute approximate surface area is 194 Å². The first-order chi connectivity index (χ1) is 16.4. The number of hydrogen-bond acceptors (Lipinski definition) is 3. The van der Waals surface area contributed by atoms with E-state index in [4.69, 9.17) is 4.98 Å². The molecule has 154 valence electrons. The van der Waals surface area contributed by atoms with Gasteiger partial charge in [0.15, 0.2) is 0 Å². The van der Waals surface area contributed by atoms with Gasteiger partial charge in [0, 0.05) is 31.1 Å². The van der Waals surface area contributed by atoms with Gasteiger partial charge in [0.1, 0.15) is 6.33 Å². The summed E-state index contributed by atoms with van der Waals surface area (Å²) in [6, 6.07) is 36.7. The van der Waals surface area contributed by atoms with Crippen LogP contribution in [0.2, 0.25) is 0 Å². The summed E-state index contributed by atoms with van der Waals surface area (Å²) in [4.78, 5) is 9.39. The van der Waals surface area contributed by atoms with E-state index in [1.54, 1.807) is 6.33 Å². The zero-order valence-corrected chi connectivity index (χ0v) is 18.5. The Kier molecular flexibility index (Phi) is 4.05. The first-order valence-electron chi connectivity index (χ1n) is 11.0. The summed E-state index contributed by atoms with van der Waals surface area (Å²) < 4.78 is 2.58. The molecule has 0 unspecified atom stereocenters. The second-order valence-corrected chi connectivity index (χ2v) is 9.31. The van der Waals surface area contributed by atoms with Crippen molar-refractivity contribution in [1.82, 2.24) is 9.97 Å². The van der Waals surface area contributed by atoms with E-state index in [1.807, 2.05) is 11.3 Å². The van der Waals surface area contributed by atoms with Crippen LogP contribution in [0, 0.1) is 0 Å². The zero-order chi connectivity index (χ0) is 21.8. The molecule has 0 spiro atoms. The number of benzene rings is 5. The van der Waals surface area contributed by atoms with E-state index in [2.05, 4.69) is 108 Å². The number of aromatic nitrogens is 2. The van der Waals surface area contributed by atoms with E-state index in [0.717, 1.165) is 16.6 Å². The predicted octanol–water partition coefficient (Wildman–Crippen LogP) is 8.48. The Morgan fingerprint density at radius 3 is 2.27 bits per heavy atom. The summed E-state index contributed by atoms with van der Waals surface area (Å²) in [5, 5.41) is 6.16. The van der Waals surface area contributed by atoms with Crippen molar-refractivity contribution < 1.29 is 0 Å². The van der Waals surface area contributed by atoms with Crippen LogP contribution in [-0.2, 0) is 0 Å². The van der Waals surface area contributed by atoms with Gasteiger partial charge in [-0.25, -0.2) is 9.97 Å². The smallest absolute Gasteiger partial charge is 0.116 e. The van der Waals surface area contributed by atoms with Gasteiger partial charge in [0.05, 0.1) is 11.2 Å². The van der Waals surface area contributed by atoms with Gasteiger partial charge in [-0.1, -0.05) is 84.9 Å². The molecule has 0 atom stereocenters. The lowest BCUT2D eigenvalue weighted by Crippen LogP contribution is -1.90. The van der Waals surface area contributed by atoms with Crippen LogP contribution in [0.3, 0.4) is 0 Å². The van der Waals surface area contributed by atoms with Crippen LogP contribution in [0.4, 0.5) is 0 Å². The Morgan fingerprint density at radius 1 is 0.545 bits per heavy atom. The maximum atomic E-state index is 4.75. The van der Waals surface area contributed by atoms with Crippen LogP contribution < -0.4 is 0 Å². The van der Waals surface area contributed by atoms with Crippen molar-refractivity contribution in [3.63, 3.8) is 0 Å². The molecule has 5 aromatic carbocycles. The Bertz CT molecular complexity index is 1830. The van der Waals surface area contributed by atoms with Gasteiger partial charge >= 0.3 is 0 Å². The SMILES string of the molecule is c1ccc2c(-c3ccc4c(-c5cccc6c5sc5ccccc56)ncnc4c3)cccc2c1. The van der Waals surface area contributed by atoms with Crippen LogP contribution in [0.25, 0.3) is 64.2 Å². The highest BCUT2D eigenvalue weighted by atomic mass is 32.1. The van der Waals surface area contributed by atoms with Gasteiger partial charge in [0.2, 0.25) is 0 Å². The summed E-state index contributed by atoms with van der Waals surface area (Å²) >= 11 is 1.83. The van der Waals surface area contributed by atoms with E-state index in [0.29, 0.717) is 0 Å². The summed E-state index contributed by atoms with van der Waals surface area (Å²) in [6.07, 6.45) is 1.69. The summed E-state index contributed by atoms with van der Waals surface area (Å²) in [7, 11) is 0. The molecule has 0 N–H and O–H groups in total. The van der Waals surface area contributed by atoms with Crippen molar-refractivity contribution in [2.24, 2.45) is 0 Å². The highest BCUT2D eigenvalue weighted by Gasteiger charge is 2.14. The van der Waals surface area contributed by atoms with E-state index < -0.39 is 0 Å². The van der Waals surface area contributed by atoms with E-state index in [1.165, 1.54) is 47.6 Å². The molecule has 7 rings (SSSR count). The molecule has 0 amide bonds. The maximum Gasteiger partial charge on any atom is 0.116 e. The van der Waals surface area contributed by atoms with Crippen molar-refractivity contribution in [3.8, 4) is 22.4 Å².